The lowest BCUT2D eigenvalue weighted by Crippen LogP contribution is -2.16. The van der Waals surface area contributed by atoms with Crippen LogP contribution < -0.4 is 9.46 Å². The quantitative estimate of drug-likeness (QED) is 0.452. The predicted octanol–water partition coefficient (Wildman–Crippen LogP) is 5.20. The maximum absolute atomic E-state index is 13.2. The summed E-state index contributed by atoms with van der Waals surface area (Å²) in [5.74, 6) is -1.05. The number of rotatable bonds is 8. The van der Waals surface area contributed by atoms with Crippen LogP contribution in [0.2, 0.25) is 0 Å². The van der Waals surface area contributed by atoms with Crippen molar-refractivity contribution in [2.75, 3.05) is 10.5 Å². The van der Waals surface area contributed by atoms with Crippen LogP contribution in [0.15, 0.2) is 39.3 Å². The van der Waals surface area contributed by atoms with Gasteiger partial charge in [0.05, 0.1) is 26.7 Å². The third kappa shape index (κ3) is 6.88. The number of carboxylic acid groups (broad SMARTS) is 1. The van der Waals surface area contributed by atoms with Crippen LogP contribution in [0.4, 0.5) is 18.9 Å². The van der Waals surface area contributed by atoms with E-state index in [4.69, 9.17) is 9.84 Å². The Bertz CT molecular complexity index is 1040. The van der Waals surface area contributed by atoms with Gasteiger partial charge in [-0.15, -0.1) is 0 Å². The first-order valence-corrected chi connectivity index (χ1v) is 11.6. The molecule has 0 aromatic heterocycles. The van der Waals surface area contributed by atoms with Crippen LogP contribution in [0.5, 0.6) is 5.75 Å². The van der Waals surface area contributed by atoms with Gasteiger partial charge in [-0.1, -0.05) is 0 Å². The van der Waals surface area contributed by atoms with Crippen LogP contribution in [0.1, 0.15) is 23.6 Å². The Morgan fingerprint density at radius 1 is 1.10 bits per heavy atom. The monoisotopic (exact) mass is 573 g/mol. The van der Waals surface area contributed by atoms with E-state index in [0.29, 0.717) is 20.6 Å². The summed E-state index contributed by atoms with van der Waals surface area (Å²) in [5, 5.41) is 8.88. The highest BCUT2D eigenvalue weighted by Gasteiger charge is 2.31. The molecular formula is C18H16Br2F3NO5S. The van der Waals surface area contributed by atoms with Crippen molar-refractivity contribution in [3.63, 3.8) is 0 Å². The molecule has 164 valence electrons. The lowest BCUT2D eigenvalue weighted by Gasteiger charge is -2.15. The number of anilines is 1. The Balaban J connectivity index is 2.33. The first kappa shape index (κ1) is 24.5. The SMILES string of the molecule is CCS(=O)(=O)Nc1cc(COc2c(Br)cc(CC(=O)O)cc2Br)cc(C(F)(F)F)c1. The smallest absolute Gasteiger partial charge is 0.416 e. The summed E-state index contributed by atoms with van der Waals surface area (Å²) in [6.07, 6.45) is -4.89. The largest absolute Gasteiger partial charge is 0.487 e. The van der Waals surface area contributed by atoms with E-state index in [1.54, 1.807) is 0 Å². The molecule has 0 radical (unpaired) electrons. The number of nitrogens with one attached hydrogen (secondary N) is 1. The number of halogens is 5. The molecule has 2 aromatic carbocycles. The molecule has 30 heavy (non-hydrogen) atoms. The van der Waals surface area contributed by atoms with Crippen molar-refractivity contribution in [3.8, 4) is 5.75 Å². The number of carboxylic acids is 1. The second-order valence-electron chi connectivity index (χ2n) is 6.17. The highest BCUT2D eigenvalue weighted by molar-refractivity contribution is 9.11. The van der Waals surface area contributed by atoms with E-state index in [9.17, 15) is 26.4 Å². The number of ether oxygens (including phenoxy) is 1. The van der Waals surface area contributed by atoms with E-state index >= 15 is 0 Å². The molecule has 0 aliphatic heterocycles. The molecule has 0 unspecified atom stereocenters. The number of sulfonamides is 1. The van der Waals surface area contributed by atoms with Gasteiger partial charge in [-0.25, -0.2) is 8.42 Å². The highest BCUT2D eigenvalue weighted by atomic mass is 79.9. The van der Waals surface area contributed by atoms with Crippen molar-refractivity contribution in [1.29, 1.82) is 0 Å². The summed E-state index contributed by atoms with van der Waals surface area (Å²) < 4.78 is 71.7. The standard InChI is InChI=1S/C18H16Br2F3NO5S/c1-2-30(27,28)24-13-4-11(3-12(8-13)18(21,22)23)9-29-17-14(19)5-10(6-15(17)20)7-16(25)26/h3-6,8,24H,2,7,9H2,1H3,(H,25,26). The van der Waals surface area contributed by atoms with Gasteiger partial charge in [0.2, 0.25) is 10.0 Å². The first-order valence-electron chi connectivity index (χ1n) is 8.35. The summed E-state index contributed by atoms with van der Waals surface area (Å²) in [6.45, 7) is 1.07. The molecule has 12 heteroatoms. The van der Waals surface area contributed by atoms with E-state index in [0.717, 1.165) is 6.07 Å². The molecule has 0 aliphatic carbocycles. The highest BCUT2D eigenvalue weighted by Crippen LogP contribution is 2.36. The number of benzene rings is 2. The van der Waals surface area contributed by atoms with Crippen molar-refractivity contribution in [2.24, 2.45) is 0 Å². The summed E-state index contributed by atoms with van der Waals surface area (Å²) in [4.78, 5) is 10.9. The predicted molar refractivity (Wildman–Crippen MR) is 112 cm³/mol. The van der Waals surface area contributed by atoms with Gasteiger partial charge in [-0.3, -0.25) is 9.52 Å². The summed E-state index contributed by atoms with van der Waals surface area (Å²) in [6, 6.07) is 5.89. The minimum atomic E-state index is -4.68. The van der Waals surface area contributed by atoms with Gasteiger partial charge in [0, 0.05) is 5.69 Å². The lowest BCUT2D eigenvalue weighted by atomic mass is 10.1. The molecule has 2 aromatic rings. The number of hydrogen-bond donors (Lipinski definition) is 2. The average molecular weight is 575 g/mol. The zero-order chi connectivity index (χ0) is 22.7. The van der Waals surface area contributed by atoms with E-state index in [2.05, 4.69) is 36.6 Å². The number of aliphatic carboxylic acids is 1. The van der Waals surface area contributed by atoms with Gasteiger partial charge >= 0.3 is 12.1 Å². The fourth-order valence-electron chi connectivity index (χ4n) is 2.43. The fourth-order valence-corrected chi connectivity index (χ4v) is 4.56. The van der Waals surface area contributed by atoms with E-state index in [-0.39, 0.29) is 35.8 Å². The second kappa shape index (κ2) is 9.56. The molecular weight excluding hydrogens is 559 g/mol. The van der Waals surface area contributed by atoms with Gasteiger partial charge in [0.1, 0.15) is 12.4 Å². The molecule has 0 amide bonds. The topological polar surface area (TPSA) is 92.7 Å². The maximum atomic E-state index is 13.2. The van der Waals surface area contributed by atoms with E-state index in [1.807, 2.05) is 0 Å². The Hall–Kier alpha value is -1.79. The Morgan fingerprint density at radius 2 is 1.70 bits per heavy atom. The molecule has 0 saturated carbocycles. The van der Waals surface area contributed by atoms with Gasteiger partial charge in [0.25, 0.3) is 0 Å². The van der Waals surface area contributed by atoms with Gasteiger partial charge < -0.3 is 9.84 Å². The fraction of sp³-hybridized carbons (Fsp3) is 0.278. The third-order valence-electron chi connectivity index (χ3n) is 3.77. The molecule has 0 bridgehead atoms. The summed E-state index contributed by atoms with van der Waals surface area (Å²) in [5.41, 5.74) is -0.663. The van der Waals surface area contributed by atoms with Crippen LogP contribution in [0, 0.1) is 0 Å². The third-order valence-corrected chi connectivity index (χ3v) is 6.25. The van der Waals surface area contributed by atoms with Crippen molar-refractivity contribution in [1.82, 2.24) is 0 Å². The zero-order valence-electron chi connectivity index (χ0n) is 15.4. The summed E-state index contributed by atoms with van der Waals surface area (Å²) in [7, 11) is -3.77. The molecule has 2 N–H and O–H groups in total. The molecule has 0 fully saturated rings. The second-order valence-corrected chi connectivity index (χ2v) is 9.89. The summed E-state index contributed by atoms with van der Waals surface area (Å²) >= 11 is 6.50. The Kier molecular flexibility index (Phi) is 7.80. The molecule has 0 heterocycles. The van der Waals surface area contributed by atoms with Gasteiger partial charge in [0.15, 0.2) is 0 Å². The average Bonchev–Trinajstić information content (AvgIpc) is 2.59. The molecule has 2 rings (SSSR count). The minimum Gasteiger partial charge on any atom is -0.487 e. The van der Waals surface area contributed by atoms with Crippen LogP contribution in [-0.2, 0) is 34.0 Å². The Morgan fingerprint density at radius 3 is 2.20 bits per heavy atom. The van der Waals surface area contributed by atoms with Gasteiger partial charge in [-0.05, 0) is 80.2 Å². The van der Waals surface area contributed by atoms with Gasteiger partial charge in [-0.2, -0.15) is 13.2 Å². The van der Waals surface area contributed by atoms with E-state index in [1.165, 1.54) is 25.1 Å². The van der Waals surface area contributed by atoms with E-state index < -0.39 is 27.7 Å². The number of hydrogen-bond acceptors (Lipinski definition) is 4. The first-order chi connectivity index (χ1) is 13.8. The normalized spacial score (nSPS) is 11.9. The minimum absolute atomic E-state index is 0.0899. The van der Waals surface area contributed by atoms with Crippen LogP contribution >= 0.6 is 31.9 Å². The lowest BCUT2D eigenvalue weighted by molar-refractivity contribution is -0.138. The van der Waals surface area contributed by atoms with Crippen molar-refractivity contribution in [2.45, 2.75) is 26.1 Å². The number of carbonyl (C=O) groups is 1. The Labute approximate surface area is 187 Å². The number of alkyl halides is 3. The molecule has 0 saturated heterocycles. The maximum Gasteiger partial charge on any atom is 0.416 e. The van der Waals surface area contributed by atoms with Crippen LogP contribution in [0.3, 0.4) is 0 Å². The van der Waals surface area contributed by atoms with Crippen LogP contribution in [-0.4, -0.2) is 25.2 Å². The molecule has 6 nitrogen and oxygen atoms in total. The molecule has 0 aliphatic rings. The van der Waals surface area contributed by atoms with Crippen LogP contribution in [0.25, 0.3) is 0 Å². The van der Waals surface area contributed by atoms with Crippen molar-refractivity contribution >= 4 is 53.5 Å². The van der Waals surface area contributed by atoms with Crippen molar-refractivity contribution < 1.29 is 36.2 Å². The molecule has 0 spiro atoms. The molecule has 0 atom stereocenters. The van der Waals surface area contributed by atoms with Crippen molar-refractivity contribution in [3.05, 3.63) is 56.0 Å². The zero-order valence-corrected chi connectivity index (χ0v) is 19.4.